The molecule has 0 amide bonds. The lowest BCUT2D eigenvalue weighted by Gasteiger charge is -2.33. The molecule has 0 saturated heterocycles. The van der Waals surface area contributed by atoms with Gasteiger partial charge in [-0.05, 0) is 38.1 Å². The number of nitrogens with zero attached hydrogens (tertiary/aromatic N) is 2. The summed E-state index contributed by atoms with van der Waals surface area (Å²) in [5.74, 6) is -0.169. The van der Waals surface area contributed by atoms with Crippen LogP contribution in [0.4, 0.5) is 0 Å². The fourth-order valence-electron chi connectivity index (χ4n) is 3.51. The molecule has 1 unspecified atom stereocenters. The van der Waals surface area contributed by atoms with E-state index >= 15 is 0 Å². The molecule has 1 fully saturated rings. The summed E-state index contributed by atoms with van der Waals surface area (Å²) in [6, 6.07) is 3.74. The second-order valence-corrected chi connectivity index (χ2v) is 7.24. The maximum Gasteiger partial charge on any atom is 0.310 e. The lowest BCUT2D eigenvalue weighted by molar-refractivity contribution is -0.572. The largest absolute Gasteiger partial charge is 0.622 e. The summed E-state index contributed by atoms with van der Waals surface area (Å²) in [4.78, 5) is 13.4. The van der Waals surface area contributed by atoms with Gasteiger partial charge >= 0.3 is 5.66 Å². The number of carbonyl (C=O) groups is 1. The third-order valence-electron chi connectivity index (χ3n) is 4.63. The van der Waals surface area contributed by atoms with Crippen molar-refractivity contribution in [2.24, 2.45) is 0 Å². The van der Waals surface area contributed by atoms with E-state index in [4.69, 9.17) is 0 Å². The number of rotatable bonds is 1. The third-order valence-corrected chi connectivity index (χ3v) is 5.51. The molecule has 1 saturated carbocycles. The Balaban J connectivity index is 2.20. The zero-order valence-corrected chi connectivity index (χ0v) is 13.2. The molecule has 1 N–H and O–H groups in total. The van der Waals surface area contributed by atoms with Gasteiger partial charge < -0.3 is 10.4 Å². The number of Topliss-reactive ketones (excluding diaryl/α,β-unsaturated/α-hetero) is 1. The summed E-state index contributed by atoms with van der Waals surface area (Å²) in [5, 5.41) is 26.7. The summed E-state index contributed by atoms with van der Waals surface area (Å²) in [6.45, 7) is 3.58. The number of carbonyl (C=O) groups excluding carboxylic acids is 1. The lowest BCUT2D eigenvalue weighted by atomic mass is 9.94. The van der Waals surface area contributed by atoms with Crippen LogP contribution in [0, 0.1) is 5.21 Å². The van der Waals surface area contributed by atoms with Gasteiger partial charge in [-0.15, -0.1) is 16.4 Å². The van der Waals surface area contributed by atoms with Gasteiger partial charge in [0.25, 0.3) is 0 Å². The molecule has 0 aromatic carbocycles. The fourth-order valence-corrected chi connectivity index (χ4v) is 4.41. The maximum absolute atomic E-state index is 13.0. The first-order chi connectivity index (χ1) is 9.92. The lowest BCUT2D eigenvalue weighted by Crippen LogP contribution is -2.59. The molecule has 1 aromatic heterocycles. The quantitative estimate of drug-likeness (QED) is 0.640. The fraction of sp³-hybridized carbons (Fsp3) is 0.600. The molecule has 2 heterocycles. The zero-order chi connectivity index (χ0) is 15.3. The molecule has 5 nitrogen and oxygen atoms in total. The number of ketones is 1. The number of hydrogen-bond donors (Lipinski definition) is 1. The Bertz CT molecular complexity index is 594. The molecule has 1 aromatic rings. The Kier molecular flexibility index (Phi) is 3.43. The SMILES string of the molecule is CC1(C)C(c2cccs2)=[N+]([O-])C2(CCCCCC2=O)N1O. The molecule has 0 radical (unpaired) electrons. The normalized spacial score (nSPS) is 30.1. The molecule has 114 valence electrons. The van der Waals surface area contributed by atoms with E-state index in [1.807, 2.05) is 17.5 Å². The average Bonchev–Trinajstić information content (AvgIpc) is 2.92. The van der Waals surface area contributed by atoms with Crippen LogP contribution in [0.5, 0.6) is 0 Å². The Morgan fingerprint density at radius 2 is 2.14 bits per heavy atom. The van der Waals surface area contributed by atoms with E-state index in [0.29, 0.717) is 18.6 Å². The zero-order valence-electron chi connectivity index (χ0n) is 12.3. The standard InChI is InChI=1S/C15H20N2O3S/c1-14(2)13(11-7-6-10-21-11)16(19)15(17(14)20)9-5-3-4-8-12(15)18/h6-7,10,20H,3-5,8-9H2,1-2H3. The van der Waals surface area contributed by atoms with Gasteiger partial charge in [-0.2, -0.15) is 4.74 Å². The van der Waals surface area contributed by atoms with Crippen LogP contribution >= 0.6 is 11.3 Å². The molecule has 2 aliphatic rings. The van der Waals surface area contributed by atoms with Crippen molar-refractivity contribution in [3.8, 4) is 0 Å². The molecule has 1 aliphatic heterocycles. The van der Waals surface area contributed by atoms with Crippen LogP contribution in [-0.4, -0.2) is 37.7 Å². The summed E-state index contributed by atoms with van der Waals surface area (Å²) in [5.41, 5.74) is -1.85. The van der Waals surface area contributed by atoms with Crippen LogP contribution in [0.3, 0.4) is 0 Å². The molecule has 3 rings (SSSR count). The molecular weight excluding hydrogens is 288 g/mol. The first-order valence-electron chi connectivity index (χ1n) is 7.33. The highest BCUT2D eigenvalue weighted by molar-refractivity contribution is 7.12. The molecule has 0 bridgehead atoms. The molecular formula is C15H20N2O3S. The second-order valence-electron chi connectivity index (χ2n) is 6.29. The molecule has 1 spiro atoms. The summed E-state index contributed by atoms with van der Waals surface area (Å²) >= 11 is 1.45. The van der Waals surface area contributed by atoms with Crippen molar-refractivity contribution in [3.63, 3.8) is 0 Å². The Labute approximate surface area is 128 Å². The van der Waals surface area contributed by atoms with Gasteiger partial charge in [0, 0.05) is 12.8 Å². The van der Waals surface area contributed by atoms with E-state index in [1.54, 1.807) is 13.8 Å². The molecule has 21 heavy (non-hydrogen) atoms. The highest BCUT2D eigenvalue weighted by atomic mass is 32.1. The van der Waals surface area contributed by atoms with Crippen molar-refractivity contribution < 1.29 is 14.7 Å². The van der Waals surface area contributed by atoms with Crippen molar-refractivity contribution in [2.45, 2.75) is 57.2 Å². The Morgan fingerprint density at radius 3 is 2.81 bits per heavy atom. The summed E-state index contributed by atoms with van der Waals surface area (Å²) in [7, 11) is 0. The molecule has 1 aliphatic carbocycles. The Hall–Kier alpha value is -1.24. The van der Waals surface area contributed by atoms with Crippen LogP contribution in [0.15, 0.2) is 17.5 Å². The van der Waals surface area contributed by atoms with Gasteiger partial charge in [-0.1, -0.05) is 12.5 Å². The van der Waals surface area contributed by atoms with Crippen molar-refractivity contribution in [3.05, 3.63) is 27.6 Å². The minimum atomic E-state index is -1.45. The average molecular weight is 308 g/mol. The van der Waals surface area contributed by atoms with Crippen LogP contribution in [0.25, 0.3) is 0 Å². The smallest absolute Gasteiger partial charge is 0.310 e. The van der Waals surface area contributed by atoms with Crippen molar-refractivity contribution in [1.29, 1.82) is 0 Å². The topological polar surface area (TPSA) is 66.6 Å². The summed E-state index contributed by atoms with van der Waals surface area (Å²) in [6.07, 6.45) is 3.21. The Morgan fingerprint density at radius 1 is 1.38 bits per heavy atom. The monoisotopic (exact) mass is 308 g/mol. The van der Waals surface area contributed by atoms with Gasteiger partial charge in [0.1, 0.15) is 5.54 Å². The first kappa shape index (κ1) is 14.7. The highest BCUT2D eigenvalue weighted by Gasteiger charge is 2.65. The highest BCUT2D eigenvalue weighted by Crippen LogP contribution is 2.41. The van der Waals surface area contributed by atoms with Gasteiger partial charge in [-0.25, -0.2) is 0 Å². The minimum absolute atomic E-state index is 0.169. The van der Waals surface area contributed by atoms with E-state index in [2.05, 4.69) is 0 Å². The van der Waals surface area contributed by atoms with Gasteiger partial charge in [0.2, 0.25) is 11.5 Å². The van der Waals surface area contributed by atoms with Crippen molar-refractivity contribution in [2.75, 3.05) is 0 Å². The van der Waals surface area contributed by atoms with Gasteiger partial charge in [0.05, 0.1) is 4.88 Å². The van der Waals surface area contributed by atoms with Gasteiger partial charge in [-0.3, -0.25) is 4.79 Å². The predicted molar refractivity (Wildman–Crippen MR) is 80.6 cm³/mol. The van der Waals surface area contributed by atoms with E-state index in [9.17, 15) is 15.2 Å². The molecule has 6 heteroatoms. The summed E-state index contributed by atoms with van der Waals surface area (Å²) < 4.78 is 0.784. The minimum Gasteiger partial charge on any atom is -0.622 e. The van der Waals surface area contributed by atoms with Crippen LogP contribution in [-0.2, 0) is 4.79 Å². The van der Waals surface area contributed by atoms with Crippen molar-refractivity contribution in [1.82, 2.24) is 5.06 Å². The first-order valence-corrected chi connectivity index (χ1v) is 8.21. The van der Waals surface area contributed by atoms with E-state index in [1.165, 1.54) is 11.3 Å². The van der Waals surface area contributed by atoms with Crippen LogP contribution in [0.1, 0.15) is 50.8 Å². The molecule has 1 atom stereocenters. The van der Waals surface area contributed by atoms with Crippen molar-refractivity contribution >= 4 is 22.8 Å². The van der Waals surface area contributed by atoms with Gasteiger partial charge in [0.15, 0.2) is 0 Å². The maximum atomic E-state index is 13.0. The van der Waals surface area contributed by atoms with E-state index in [-0.39, 0.29) is 5.78 Å². The number of hydrogen-bond acceptors (Lipinski definition) is 5. The second kappa shape index (κ2) is 4.90. The predicted octanol–water partition coefficient (Wildman–Crippen LogP) is 2.76. The van der Waals surface area contributed by atoms with E-state index in [0.717, 1.165) is 33.9 Å². The van der Waals surface area contributed by atoms with E-state index < -0.39 is 11.2 Å². The van der Waals surface area contributed by atoms with Crippen LogP contribution < -0.4 is 0 Å². The third kappa shape index (κ3) is 1.89. The number of thiophene rings is 1. The number of hydroxylamine groups is 3. The van der Waals surface area contributed by atoms with Crippen LogP contribution in [0.2, 0.25) is 0 Å².